The molecule has 2 rings (SSSR count). The van der Waals surface area contributed by atoms with Crippen LogP contribution in [0.4, 0.5) is 0 Å². The molecule has 0 bridgehead atoms. The summed E-state index contributed by atoms with van der Waals surface area (Å²) in [5.74, 6) is -0.351. The van der Waals surface area contributed by atoms with E-state index in [1.807, 2.05) is 50.3 Å². The van der Waals surface area contributed by atoms with Crippen LogP contribution < -0.4 is 10.6 Å². The number of nitrogens with one attached hydrogen (secondary N) is 2. The highest BCUT2D eigenvalue weighted by Crippen LogP contribution is 2.38. The van der Waals surface area contributed by atoms with Gasteiger partial charge in [-0.05, 0) is 31.6 Å². The van der Waals surface area contributed by atoms with Crippen LogP contribution in [0.5, 0.6) is 0 Å². The molecule has 0 saturated carbocycles. The third-order valence-corrected chi connectivity index (χ3v) is 5.43. The van der Waals surface area contributed by atoms with Gasteiger partial charge in [-0.3, -0.25) is 9.79 Å². The molecular formula is C17H18Cl3N3OS. The number of hydrogen-bond donors (Lipinski definition) is 2. The Morgan fingerprint density at radius 2 is 2.00 bits per heavy atom. The Labute approximate surface area is 166 Å². The van der Waals surface area contributed by atoms with E-state index in [4.69, 9.17) is 34.8 Å². The van der Waals surface area contributed by atoms with Gasteiger partial charge in [-0.15, -0.1) is 0 Å². The summed E-state index contributed by atoms with van der Waals surface area (Å²) in [6, 6.07) is 9.47. The fourth-order valence-corrected chi connectivity index (χ4v) is 3.81. The summed E-state index contributed by atoms with van der Waals surface area (Å²) in [6.07, 6.45) is 5.03. The quantitative estimate of drug-likeness (QED) is 0.420. The Kier molecular flexibility index (Phi) is 7.25. The number of halogens is 3. The van der Waals surface area contributed by atoms with Crippen molar-refractivity contribution in [2.75, 3.05) is 0 Å². The molecule has 134 valence electrons. The van der Waals surface area contributed by atoms with Crippen molar-refractivity contribution < 1.29 is 4.79 Å². The van der Waals surface area contributed by atoms with Crippen molar-refractivity contribution in [1.82, 2.24) is 10.6 Å². The molecule has 0 unspecified atom stereocenters. The van der Waals surface area contributed by atoms with Gasteiger partial charge in [0, 0.05) is 17.5 Å². The predicted molar refractivity (Wildman–Crippen MR) is 109 cm³/mol. The van der Waals surface area contributed by atoms with E-state index in [1.54, 1.807) is 6.08 Å². The molecule has 8 heteroatoms. The molecule has 0 radical (unpaired) electrons. The molecular weight excluding hydrogens is 401 g/mol. The molecule has 1 aromatic rings. The number of rotatable bonds is 5. The first-order valence-electron chi connectivity index (χ1n) is 7.49. The number of thioether (sulfide) groups is 1. The molecule has 1 aliphatic rings. The molecule has 2 atom stereocenters. The zero-order valence-corrected chi connectivity index (χ0v) is 16.8. The predicted octanol–water partition coefficient (Wildman–Crippen LogP) is 4.50. The van der Waals surface area contributed by atoms with Crippen molar-refractivity contribution in [2.45, 2.75) is 28.5 Å². The first kappa shape index (κ1) is 20.2. The molecule has 1 amide bonds. The average Bonchev–Trinajstić information content (AvgIpc) is 2.51. The lowest BCUT2D eigenvalue weighted by Gasteiger charge is -2.29. The van der Waals surface area contributed by atoms with E-state index in [0.717, 1.165) is 17.0 Å². The lowest BCUT2D eigenvalue weighted by atomic mass is 10.2. The van der Waals surface area contributed by atoms with Crippen LogP contribution in [0.1, 0.15) is 19.4 Å². The Balaban J connectivity index is 2.02. The summed E-state index contributed by atoms with van der Waals surface area (Å²) in [4.78, 5) is 16.6. The van der Waals surface area contributed by atoms with Gasteiger partial charge in [-0.25, -0.2) is 0 Å². The molecule has 2 N–H and O–H groups in total. The molecule has 1 heterocycles. The van der Waals surface area contributed by atoms with Gasteiger partial charge in [-0.2, -0.15) is 0 Å². The van der Waals surface area contributed by atoms with Gasteiger partial charge >= 0.3 is 0 Å². The minimum atomic E-state index is -1.68. The number of allylic oxidation sites excluding steroid dienone is 2. The van der Waals surface area contributed by atoms with Gasteiger partial charge in [0.25, 0.3) is 0 Å². The maximum Gasteiger partial charge on any atom is 0.245 e. The van der Waals surface area contributed by atoms with E-state index in [0.29, 0.717) is 0 Å². The summed E-state index contributed by atoms with van der Waals surface area (Å²) in [5.41, 5.74) is 2.39. The molecule has 0 spiro atoms. The van der Waals surface area contributed by atoms with Gasteiger partial charge in [0.15, 0.2) is 5.50 Å². The first-order valence-corrected chi connectivity index (χ1v) is 9.57. The Morgan fingerprint density at radius 1 is 1.32 bits per heavy atom. The summed E-state index contributed by atoms with van der Waals surface area (Å²) < 4.78 is -1.68. The highest BCUT2D eigenvalue weighted by molar-refractivity contribution is 8.00. The SMILES string of the molecule is CC1=CC(C)=N[C@H](S[C@@H](NC(=O)/C=C/c2ccccc2)C(Cl)(Cl)Cl)N1. The van der Waals surface area contributed by atoms with Crippen LogP contribution >= 0.6 is 46.6 Å². The fraction of sp³-hybridized carbons (Fsp3) is 0.294. The number of amides is 1. The zero-order chi connectivity index (χ0) is 18.4. The summed E-state index contributed by atoms with van der Waals surface area (Å²) in [6.45, 7) is 3.82. The monoisotopic (exact) mass is 417 g/mol. The van der Waals surface area contributed by atoms with E-state index in [9.17, 15) is 4.79 Å². The maximum atomic E-state index is 12.2. The normalized spacial score (nSPS) is 19.0. The summed E-state index contributed by atoms with van der Waals surface area (Å²) in [7, 11) is 0. The number of carbonyl (C=O) groups is 1. The van der Waals surface area contributed by atoms with E-state index in [-0.39, 0.29) is 11.4 Å². The van der Waals surface area contributed by atoms with Crippen molar-refractivity contribution in [2.24, 2.45) is 4.99 Å². The number of alkyl halides is 3. The smallest absolute Gasteiger partial charge is 0.245 e. The molecule has 4 nitrogen and oxygen atoms in total. The van der Waals surface area contributed by atoms with E-state index >= 15 is 0 Å². The first-order chi connectivity index (χ1) is 11.7. The van der Waals surface area contributed by atoms with Crippen LogP contribution in [0.15, 0.2) is 53.2 Å². The zero-order valence-electron chi connectivity index (χ0n) is 13.7. The second-order valence-electron chi connectivity index (χ2n) is 5.40. The average molecular weight is 419 g/mol. The molecule has 25 heavy (non-hydrogen) atoms. The van der Waals surface area contributed by atoms with Crippen LogP contribution in [0.3, 0.4) is 0 Å². The van der Waals surface area contributed by atoms with Crippen LogP contribution in [-0.4, -0.2) is 26.3 Å². The second-order valence-corrected chi connectivity index (χ2v) is 8.96. The number of carbonyl (C=O) groups excluding carboxylic acids is 1. The van der Waals surface area contributed by atoms with E-state index in [2.05, 4.69) is 15.6 Å². The molecule has 1 aliphatic heterocycles. The Hall–Kier alpha value is -1.14. The topological polar surface area (TPSA) is 53.5 Å². The molecule has 0 aromatic heterocycles. The Morgan fingerprint density at radius 3 is 2.60 bits per heavy atom. The van der Waals surface area contributed by atoms with Crippen LogP contribution in [0.2, 0.25) is 0 Å². The van der Waals surface area contributed by atoms with Gasteiger partial charge in [0.1, 0.15) is 5.37 Å². The summed E-state index contributed by atoms with van der Waals surface area (Å²) >= 11 is 19.3. The summed E-state index contributed by atoms with van der Waals surface area (Å²) in [5, 5.41) is 5.12. The molecule has 0 saturated heterocycles. The highest BCUT2D eigenvalue weighted by atomic mass is 35.6. The van der Waals surface area contributed by atoms with Gasteiger partial charge in [-0.1, -0.05) is 76.9 Å². The van der Waals surface area contributed by atoms with E-state index < -0.39 is 9.17 Å². The number of hydrogen-bond acceptors (Lipinski definition) is 4. The Bertz CT molecular complexity index is 699. The number of benzene rings is 1. The van der Waals surface area contributed by atoms with Gasteiger partial charge in [0.05, 0.1) is 0 Å². The third-order valence-electron chi connectivity index (χ3n) is 3.16. The fourth-order valence-electron chi connectivity index (χ4n) is 2.10. The van der Waals surface area contributed by atoms with Crippen molar-refractivity contribution in [3.05, 3.63) is 53.7 Å². The highest BCUT2D eigenvalue weighted by Gasteiger charge is 2.36. The molecule has 0 aliphatic carbocycles. The minimum absolute atomic E-state index is 0.343. The lowest BCUT2D eigenvalue weighted by molar-refractivity contribution is -0.116. The maximum absolute atomic E-state index is 12.2. The van der Waals surface area contributed by atoms with Crippen LogP contribution in [-0.2, 0) is 4.79 Å². The van der Waals surface area contributed by atoms with Crippen molar-refractivity contribution in [1.29, 1.82) is 0 Å². The van der Waals surface area contributed by atoms with Gasteiger partial charge < -0.3 is 10.6 Å². The lowest BCUT2D eigenvalue weighted by Crippen LogP contribution is -2.43. The van der Waals surface area contributed by atoms with Crippen molar-refractivity contribution in [3.63, 3.8) is 0 Å². The third kappa shape index (κ3) is 6.94. The van der Waals surface area contributed by atoms with Crippen molar-refractivity contribution in [3.8, 4) is 0 Å². The largest absolute Gasteiger partial charge is 0.359 e. The van der Waals surface area contributed by atoms with Crippen LogP contribution in [0.25, 0.3) is 6.08 Å². The second kappa shape index (κ2) is 8.99. The number of aliphatic imine (C=N–C) groups is 1. The minimum Gasteiger partial charge on any atom is -0.359 e. The van der Waals surface area contributed by atoms with Crippen molar-refractivity contribution >= 4 is 64.3 Å². The van der Waals surface area contributed by atoms with Crippen LogP contribution in [0, 0.1) is 0 Å². The standard InChI is InChI=1S/C17H18Cl3N3OS/c1-11-10-12(2)22-16(21-11)25-15(17(18,19)20)23-14(24)9-8-13-6-4-3-5-7-13/h3-10,15-16,21H,1-2H3,(H,23,24)/b9-8+/t15-,16-/m1/s1. The molecule has 0 fully saturated rings. The van der Waals surface area contributed by atoms with Gasteiger partial charge in [0.2, 0.25) is 9.70 Å². The number of nitrogens with zero attached hydrogens (tertiary/aromatic N) is 1. The molecule has 1 aromatic carbocycles. The van der Waals surface area contributed by atoms with E-state index in [1.165, 1.54) is 17.8 Å².